The lowest BCUT2D eigenvalue weighted by molar-refractivity contribution is 0.314. The number of fused-ring (bicyclic) bond motifs is 1. The van der Waals surface area contributed by atoms with Gasteiger partial charge in [0.25, 0.3) is 10.0 Å². The second-order valence-corrected chi connectivity index (χ2v) is 10.4. The van der Waals surface area contributed by atoms with E-state index in [0.717, 1.165) is 35.4 Å². The Morgan fingerprint density at radius 1 is 1.23 bits per heavy atom. The molecular formula is C20H24N2O2S2. The van der Waals surface area contributed by atoms with Crippen molar-refractivity contribution >= 4 is 32.3 Å². The Kier molecular flexibility index (Phi) is 4.67. The third kappa shape index (κ3) is 3.21. The number of rotatable bonds is 4. The number of piperidine rings is 1. The minimum atomic E-state index is -3.39. The van der Waals surface area contributed by atoms with E-state index >= 15 is 0 Å². The van der Waals surface area contributed by atoms with Crippen LogP contribution >= 0.6 is 11.3 Å². The van der Waals surface area contributed by atoms with Crippen LogP contribution in [0, 0.1) is 6.92 Å². The monoisotopic (exact) mass is 388 g/mol. The van der Waals surface area contributed by atoms with Crippen LogP contribution in [0.15, 0.2) is 40.6 Å². The van der Waals surface area contributed by atoms with Gasteiger partial charge >= 0.3 is 0 Å². The number of aromatic nitrogens is 1. The van der Waals surface area contributed by atoms with E-state index in [-0.39, 0.29) is 5.92 Å². The zero-order valence-electron chi connectivity index (χ0n) is 15.2. The lowest BCUT2D eigenvalue weighted by Gasteiger charge is -2.31. The van der Waals surface area contributed by atoms with Gasteiger partial charge < -0.3 is 4.98 Å². The molecule has 0 bridgehead atoms. The van der Waals surface area contributed by atoms with Gasteiger partial charge in [-0.2, -0.15) is 4.31 Å². The number of benzene rings is 1. The van der Waals surface area contributed by atoms with Gasteiger partial charge in [-0.1, -0.05) is 18.6 Å². The summed E-state index contributed by atoms with van der Waals surface area (Å²) in [5.41, 5.74) is 3.50. The fourth-order valence-corrected chi connectivity index (χ4v) is 6.70. The van der Waals surface area contributed by atoms with Crippen LogP contribution in [0.5, 0.6) is 0 Å². The van der Waals surface area contributed by atoms with Gasteiger partial charge in [-0.25, -0.2) is 8.42 Å². The van der Waals surface area contributed by atoms with Crippen molar-refractivity contribution in [2.24, 2.45) is 0 Å². The third-order valence-corrected chi connectivity index (χ3v) is 8.76. The highest BCUT2D eigenvalue weighted by Gasteiger charge is 2.32. The van der Waals surface area contributed by atoms with Crippen molar-refractivity contribution in [3.63, 3.8) is 0 Å². The van der Waals surface area contributed by atoms with E-state index in [1.54, 1.807) is 10.4 Å². The number of thiophene rings is 1. The summed E-state index contributed by atoms with van der Waals surface area (Å²) in [5.74, 6) is 0.219. The molecule has 0 radical (unpaired) electrons. The number of aromatic amines is 1. The predicted molar refractivity (Wildman–Crippen MR) is 107 cm³/mol. The molecule has 138 valence electrons. The van der Waals surface area contributed by atoms with Crippen molar-refractivity contribution in [3.05, 3.63) is 52.5 Å². The molecule has 0 saturated carbocycles. The standard InChI is InChI=1S/C20H24N2O2S2/c1-3-17-7-9-20(25-17)26(23,24)22-10-4-5-15(13-22)19-12-16-11-14(2)6-8-18(16)21-19/h6-9,11-12,15,21H,3-5,10,13H2,1-2H3. The van der Waals surface area contributed by atoms with E-state index in [9.17, 15) is 8.42 Å². The second kappa shape index (κ2) is 6.83. The van der Waals surface area contributed by atoms with Gasteiger partial charge in [-0.3, -0.25) is 0 Å². The van der Waals surface area contributed by atoms with E-state index in [1.165, 1.54) is 22.3 Å². The number of sulfonamides is 1. The highest BCUT2D eigenvalue weighted by molar-refractivity contribution is 7.91. The first-order chi connectivity index (χ1) is 12.5. The molecule has 3 aromatic rings. The van der Waals surface area contributed by atoms with E-state index in [4.69, 9.17) is 0 Å². The molecule has 2 aromatic heterocycles. The van der Waals surface area contributed by atoms with Crippen LogP contribution in [0.25, 0.3) is 10.9 Å². The molecule has 1 atom stereocenters. The van der Waals surface area contributed by atoms with Crippen molar-refractivity contribution in [1.82, 2.24) is 9.29 Å². The number of aryl methyl sites for hydroxylation is 2. The number of hydrogen-bond acceptors (Lipinski definition) is 3. The minimum Gasteiger partial charge on any atom is -0.358 e. The Balaban J connectivity index is 1.60. The van der Waals surface area contributed by atoms with Gasteiger partial charge in [0.15, 0.2) is 0 Å². The quantitative estimate of drug-likeness (QED) is 0.706. The Labute approximate surface area is 158 Å². The highest BCUT2D eigenvalue weighted by Crippen LogP contribution is 2.33. The van der Waals surface area contributed by atoms with Crippen LogP contribution in [0.2, 0.25) is 0 Å². The fraction of sp³-hybridized carbons (Fsp3) is 0.400. The molecule has 0 amide bonds. The molecule has 0 spiro atoms. The molecule has 3 heterocycles. The molecule has 1 fully saturated rings. The van der Waals surface area contributed by atoms with Gasteiger partial charge in [-0.15, -0.1) is 11.3 Å². The molecule has 1 aliphatic heterocycles. The molecule has 1 aromatic carbocycles. The van der Waals surface area contributed by atoms with Crippen molar-refractivity contribution in [2.45, 2.75) is 43.2 Å². The van der Waals surface area contributed by atoms with Crippen molar-refractivity contribution < 1.29 is 8.42 Å². The van der Waals surface area contributed by atoms with E-state index in [0.29, 0.717) is 17.3 Å². The number of nitrogens with zero attached hydrogens (tertiary/aromatic N) is 1. The SMILES string of the molecule is CCc1ccc(S(=O)(=O)N2CCCC(c3cc4cc(C)ccc4[nH]3)C2)s1. The third-order valence-electron chi connectivity index (χ3n) is 5.20. The molecule has 4 rings (SSSR count). The number of hydrogen-bond donors (Lipinski definition) is 1. The Morgan fingerprint density at radius 2 is 2.08 bits per heavy atom. The van der Waals surface area contributed by atoms with Crippen LogP contribution < -0.4 is 0 Å². The lowest BCUT2D eigenvalue weighted by atomic mass is 9.96. The fourth-order valence-electron chi connectivity index (χ4n) is 3.72. The highest BCUT2D eigenvalue weighted by atomic mass is 32.2. The van der Waals surface area contributed by atoms with Gasteiger partial charge in [0.1, 0.15) is 4.21 Å². The average Bonchev–Trinajstić information content (AvgIpc) is 3.28. The first-order valence-corrected chi connectivity index (χ1v) is 11.4. The maximum absolute atomic E-state index is 13.0. The van der Waals surface area contributed by atoms with E-state index in [1.807, 2.05) is 6.07 Å². The van der Waals surface area contributed by atoms with E-state index < -0.39 is 10.0 Å². The first kappa shape index (κ1) is 17.8. The predicted octanol–water partition coefficient (Wildman–Crippen LogP) is 4.67. The van der Waals surface area contributed by atoms with Gasteiger partial charge in [-0.05, 0) is 61.9 Å². The summed E-state index contributed by atoms with van der Waals surface area (Å²) in [4.78, 5) is 4.61. The lowest BCUT2D eigenvalue weighted by Crippen LogP contribution is -2.38. The molecule has 26 heavy (non-hydrogen) atoms. The Bertz CT molecular complexity index is 1030. The number of H-pyrrole nitrogens is 1. The molecule has 1 saturated heterocycles. The first-order valence-electron chi connectivity index (χ1n) is 9.15. The Morgan fingerprint density at radius 3 is 2.85 bits per heavy atom. The molecule has 1 unspecified atom stereocenters. The topological polar surface area (TPSA) is 53.2 Å². The summed E-state index contributed by atoms with van der Waals surface area (Å²) in [6.45, 7) is 5.30. The normalized spacial score (nSPS) is 19.2. The van der Waals surface area contributed by atoms with Crippen LogP contribution in [0.3, 0.4) is 0 Å². The van der Waals surface area contributed by atoms with Gasteiger partial charge in [0.05, 0.1) is 0 Å². The Hall–Kier alpha value is -1.63. The zero-order valence-corrected chi connectivity index (χ0v) is 16.8. The van der Waals surface area contributed by atoms with Crippen LogP contribution in [0.4, 0.5) is 0 Å². The van der Waals surface area contributed by atoms with Crippen molar-refractivity contribution in [2.75, 3.05) is 13.1 Å². The second-order valence-electron chi connectivity index (χ2n) is 7.09. The summed E-state index contributed by atoms with van der Waals surface area (Å²) in [6.07, 6.45) is 2.78. The summed E-state index contributed by atoms with van der Waals surface area (Å²) in [5, 5.41) is 1.20. The zero-order chi connectivity index (χ0) is 18.3. The average molecular weight is 389 g/mol. The van der Waals surface area contributed by atoms with E-state index in [2.05, 4.69) is 43.1 Å². The molecular weight excluding hydrogens is 364 g/mol. The number of nitrogens with one attached hydrogen (secondary N) is 1. The summed E-state index contributed by atoms with van der Waals surface area (Å²) >= 11 is 1.40. The molecule has 1 N–H and O–H groups in total. The molecule has 1 aliphatic rings. The molecule has 0 aliphatic carbocycles. The van der Waals surface area contributed by atoms with Crippen molar-refractivity contribution in [1.29, 1.82) is 0 Å². The van der Waals surface area contributed by atoms with Gasteiger partial charge in [0.2, 0.25) is 0 Å². The van der Waals surface area contributed by atoms with Crippen LogP contribution in [-0.4, -0.2) is 30.8 Å². The molecule has 6 heteroatoms. The van der Waals surface area contributed by atoms with Crippen molar-refractivity contribution in [3.8, 4) is 0 Å². The smallest absolute Gasteiger partial charge is 0.252 e. The minimum absolute atomic E-state index is 0.219. The molecule has 4 nitrogen and oxygen atoms in total. The van der Waals surface area contributed by atoms with Gasteiger partial charge in [0, 0.05) is 35.1 Å². The van der Waals surface area contributed by atoms with Crippen LogP contribution in [-0.2, 0) is 16.4 Å². The summed E-state index contributed by atoms with van der Waals surface area (Å²) in [7, 11) is -3.39. The maximum Gasteiger partial charge on any atom is 0.252 e. The summed E-state index contributed by atoms with van der Waals surface area (Å²) in [6, 6.07) is 12.2. The maximum atomic E-state index is 13.0. The summed E-state index contributed by atoms with van der Waals surface area (Å²) < 4.78 is 28.2. The largest absolute Gasteiger partial charge is 0.358 e. The van der Waals surface area contributed by atoms with Crippen LogP contribution in [0.1, 0.15) is 41.8 Å².